The quantitative estimate of drug-likeness (QED) is 0.503. The number of benzene rings is 2. The first-order valence-corrected chi connectivity index (χ1v) is 11.8. The summed E-state index contributed by atoms with van der Waals surface area (Å²) in [5.74, 6) is -0.516. The largest absolute Gasteiger partial charge is 0.452 e. The second-order valence-corrected chi connectivity index (χ2v) is 9.75. The molecule has 0 radical (unpaired) electrons. The third-order valence-corrected chi connectivity index (χ3v) is 6.93. The zero-order chi connectivity index (χ0) is 23.6. The lowest BCUT2D eigenvalue weighted by Gasteiger charge is -2.34. The van der Waals surface area contributed by atoms with Crippen LogP contribution in [0.25, 0.3) is 11.3 Å². The van der Waals surface area contributed by atoms with E-state index in [1.165, 1.54) is 46.9 Å². The van der Waals surface area contributed by atoms with Crippen molar-refractivity contribution in [3.8, 4) is 11.3 Å². The molecule has 1 aromatic heterocycles. The molecule has 0 N–H and O–H groups in total. The summed E-state index contributed by atoms with van der Waals surface area (Å²) in [5, 5.41) is 0. The molecule has 0 amide bonds. The highest BCUT2D eigenvalue weighted by Gasteiger charge is 2.32. The Hall–Kier alpha value is -3.08. The van der Waals surface area contributed by atoms with Crippen molar-refractivity contribution in [3.05, 3.63) is 72.0 Å². The highest BCUT2D eigenvalue weighted by Crippen LogP contribution is 2.23. The Morgan fingerprint density at radius 2 is 1.85 bits per heavy atom. The number of esters is 1. The average molecular weight is 475 g/mol. The Balaban J connectivity index is 1.43. The van der Waals surface area contributed by atoms with Crippen LogP contribution >= 0.6 is 0 Å². The van der Waals surface area contributed by atoms with E-state index in [0.29, 0.717) is 11.3 Å². The zero-order valence-corrected chi connectivity index (χ0v) is 18.9. The molecule has 10 heteroatoms. The number of sulfonamides is 1. The number of morpholine rings is 1. The minimum atomic E-state index is -3.79. The van der Waals surface area contributed by atoms with Gasteiger partial charge in [-0.3, -0.25) is 0 Å². The Morgan fingerprint density at radius 3 is 2.55 bits per heavy atom. The molecule has 0 saturated carbocycles. The predicted molar refractivity (Wildman–Crippen MR) is 116 cm³/mol. The van der Waals surface area contributed by atoms with Crippen molar-refractivity contribution in [2.24, 2.45) is 0 Å². The Morgan fingerprint density at radius 1 is 1.15 bits per heavy atom. The summed E-state index contributed by atoms with van der Waals surface area (Å²) in [6, 6.07) is 11.4. The Bertz CT molecular complexity index is 1230. The van der Waals surface area contributed by atoms with Crippen LogP contribution in [0.1, 0.15) is 30.1 Å². The van der Waals surface area contributed by atoms with E-state index in [1.54, 1.807) is 12.1 Å². The van der Waals surface area contributed by atoms with Crippen LogP contribution in [-0.2, 0) is 26.1 Å². The van der Waals surface area contributed by atoms with E-state index in [2.05, 4.69) is 4.98 Å². The molecule has 0 bridgehead atoms. The summed E-state index contributed by atoms with van der Waals surface area (Å²) in [4.78, 5) is 16.6. The van der Waals surface area contributed by atoms with Crippen LogP contribution < -0.4 is 0 Å². The molecule has 1 aliphatic rings. The maximum absolute atomic E-state index is 13.1. The summed E-state index contributed by atoms with van der Waals surface area (Å²) in [6.07, 6.45) is 1.00. The minimum absolute atomic E-state index is 0.00738. The van der Waals surface area contributed by atoms with Crippen LogP contribution in [0.4, 0.5) is 4.39 Å². The number of oxazole rings is 1. The first-order chi connectivity index (χ1) is 15.7. The number of ether oxygens (including phenoxy) is 2. The molecule has 33 heavy (non-hydrogen) atoms. The standard InChI is InChI=1S/C23H23FN2O6S/c1-15-12-26(13-16(2)31-15)33(28,29)20-5-3-4-18(10-20)23(27)30-14-22-25-11-21(32-22)17-6-8-19(24)9-7-17/h3-11,15-16H,12-14H2,1-2H3. The lowest BCUT2D eigenvalue weighted by molar-refractivity contribution is -0.0440. The predicted octanol–water partition coefficient (Wildman–Crippen LogP) is 3.64. The van der Waals surface area contributed by atoms with Gasteiger partial charge in [-0.15, -0.1) is 0 Å². The van der Waals surface area contributed by atoms with E-state index < -0.39 is 16.0 Å². The van der Waals surface area contributed by atoms with Crippen molar-refractivity contribution in [2.75, 3.05) is 13.1 Å². The van der Waals surface area contributed by atoms with Crippen molar-refractivity contribution in [1.82, 2.24) is 9.29 Å². The van der Waals surface area contributed by atoms with Crippen molar-refractivity contribution in [1.29, 1.82) is 0 Å². The van der Waals surface area contributed by atoms with Gasteiger partial charge in [0.05, 0.1) is 28.9 Å². The smallest absolute Gasteiger partial charge is 0.338 e. The van der Waals surface area contributed by atoms with Gasteiger partial charge in [-0.25, -0.2) is 22.6 Å². The minimum Gasteiger partial charge on any atom is -0.452 e. The molecule has 3 aromatic rings. The number of halogens is 1. The van der Waals surface area contributed by atoms with Crippen molar-refractivity contribution in [2.45, 2.75) is 37.6 Å². The fraction of sp³-hybridized carbons (Fsp3) is 0.304. The molecule has 174 valence electrons. The molecule has 8 nitrogen and oxygen atoms in total. The van der Waals surface area contributed by atoms with Gasteiger partial charge < -0.3 is 13.9 Å². The molecule has 2 unspecified atom stereocenters. The lowest BCUT2D eigenvalue weighted by atomic mass is 10.2. The maximum Gasteiger partial charge on any atom is 0.338 e. The van der Waals surface area contributed by atoms with Gasteiger partial charge >= 0.3 is 5.97 Å². The summed E-state index contributed by atoms with van der Waals surface area (Å²) >= 11 is 0. The monoisotopic (exact) mass is 474 g/mol. The molecule has 0 spiro atoms. The number of nitrogens with zero attached hydrogens (tertiary/aromatic N) is 2. The van der Waals surface area contributed by atoms with E-state index in [0.717, 1.165) is 0 Å². The van der Waals surface area contributed by atoms with Gasteiger partial charge in [0.25, 0.3) is 0 Å². The van der Waals surface area contributed by atoms with Gasteiger partial charge in [0, 0.05) is 18.7 Å². The topological polar surface area (TPSA) is 98.9 Å². The number of hydrogen-bond donors (Lipinski definition) is 0. The van der Waals surface area contributed by atoms with Gasteiger partial charge in [0.15, 0.2) is 12.4 Å². The van der Waals surface area contributed by atoms with Crippen LogP contribution in [0.5, 0.6) is 0 Å². The normalized spacial score (nSPS) is 19.4. The van der Waals surface area contributed by atoms with Crippen molar-refractivity contribution >= 4 is 16.0 Å². The Kier molecular flexibility index (Phi) is 6.59. The van der Waals surface area contributed by atoms with Gasteiger partial charge in [-0.2, -0.15) is 4.31 Å². The summed E-state index contributed by atoms with van der Waals surface area (Å²) in [6.45, 7) is 3.87. The fourth-order valence-electron chi connectivity index (χ4n) is 3.59. The van der Waals surface area contributed by atoms with E-state index in [9.17, 15) is 17.6 Å². The third-order valence-electron chi connectivity index (χ3n) is 5.10. The number of rotatable bonds is 6. The van der Waals surface area contributed by atoms with Crippen molar-refractivity contribution in [3.63, 3.8) is 0 Å². The number of carbonyl (C=O) groups is 1. The van der Waals surface area contributed by atoms with Crippen LogP contribution in [-0.4, -0.2) is 49.0 Å². The van der Waals surface area contributed by atoms with Gasteiger partial charge in [-0.1, -0.05) is 6.07 Å². The average Bonchev–Trinajstić information content (AvgIpc) is 3.26. The highest BCUT2D eigenvalue weighted by atomic mass is 32.2. The fourth-order valence-corrected chi connectivity index (χ4v) is 5.23. The third kappa shape index (κ3) is 5.29. The molecule has 1 aliphatic heterocycles. The van der Waals surface area contributed by atoms with Gasteiger partial charge in [-0.05, 0) is 56.3 Å². The van der Waals surface area contributed by atoms with E-state index >= 15 is 0 Å². The molecule has 2 heterocycles. The summed E-state index contributed by atoms with van der Waals surface area (Å²) in [5.41, 5.74) is 0.724. The molecule has 1 fully saturated rings. The second-order valence-electron chi connectivity index (χ2n) is 7.81. The summed E-state index contributed by atoms with van der Waals surface area (Å²) in [7, 11) is -3.79. The number of aromatic nitrogens is 1. The van der Waals surface area contributed by atoms with Crippen molar-refractivity contribution < 1.29 is 31.5 Å². The van der Waals surface area contributed by atoms with E-state index in [1.807, 2.05) is 13.8 Å². The van der Waals surface area contributed by atoms with E-state index in [-0.39, 0.29) is 54.1 Å². The lowest BCUT2D eigenvalue weighted by Crippen LogP contribution is -2.48. The first kappa shape index (κ1) is 23.1. The van der Waals surface area contributed by atoms with Crippen LogP contribution in [0.15, 0.2) is 64.0 Å². The van der Waals surface area contributed by atoms with Crippen LogP contribution in [0, 0.1) is 5.82 Å². The molecular weight excluding hydrogens is 451 g/mol. The van der Waals surface area contributed by atoms with Gasteiger partial charge in [0.2, 0.25) is 15.9 Å². The zero-order valence-electron chi connectivity index (χ0n) is 18.1. The second kappa shape index (κ2) is 9.42. The molecule has 0 aliphatic carbocycles. The number of carbonyl (C=O) groups excluding carboxylic acids is 1. The van der Waals surface area contributed by atoms with Gasteiger partial charge in [0.1, 0.15) is 5.82 Å². The molecule has 4 rings (SSSR count). The maximum atomic E-state index is 13.1. The molecular formula is C23H23FN2O6S. The first-order valence-electron chi connectivity index (χ1n) is 10.4. The van der Waals surface area contributed by atoms with E-state index in [4.69, 9.17) is 13.9 Å². The molecule has 2 atom stereocenters. The molecule has 1 saturated heterocycles. The molecule has 2 aromatic carbocycles. The highest BCUT2D eigenvalue weighted by molar-refractivity contribution is 7.89. The number of hydrogen-bond acceptors (Lipinski definition) is 7. The Labute approximate surface area is 191 Å². The van der Waals surface area contributed by atoms with Crippen LogP contribution in [0.3, 0.4) is 0 Å². The van der Waals surface area contributed by atoms with Crippen LogP contribution in [0.2, 0.25) is 0 Å². The summed E-state index contributed by atoms with van der Waals surface area (Å²) < 4.78 is 57.0. The SMILES string of the molecule is CC1CN(S(=O)(=O)c2cccc(C(=O)OCc3ncc(-c4ccc(F)cc4)o3)c2)CC(C)O1.